The summed E-state index contributed by atoms with van der Waals surface area (Å²) in [5.74, 6) is 0.557. The summed E-state index contributed by atoms with van der Waals surface area (Å²) in [5, 5.41) is 12.5. The smallest absolute Gasteiger partial charge is 0.141 e. The molecular formula is C16H26FN3O. The van der Waals surface area contributed by atoms with Crippen molar-refractivity contribution >= 4 is 0 Å². The zero-order valence-corrected chi connectivity index (χ0v) is 12.9. The van der Waals surface area contributed by atoms with Crippen molar-refractivity contribution in [2.45, 2.75) is 25.8 Å². The Bertz CT molecular complexity index is 418. The van der Waals surface area contributed by atoms with Crippen molar-refractivity contribution in [2.75, 3.05) is 33.3 Å². The van der Waals surface area contributed by atoms with Gasteiger partial charge in [-0.05, 0) is 56.9 Å². The quantitative estimate of drug-likeness (QED) is 0.840. The summed E-state index contributed by atoms with van der Waals surface area (Å²) in [6.07, 6.45) is 3.42. The largest absolute Gasteiger partial charge is 0.396 e. The molecule has 2 heterocycles. The molecule has 0 aliphatic carbocycles. The summed E-state index contributed by atoms with van der Waals surface area (Å²) in [6.45, 7) is 5.58. The lowest BCUT2D eigenvalue weighted by Crippen LogP contribution is -2.40. The molecule has 2 unspecified atom stereocenters. The second-order valence-corrected chi connectivity index (χ2v) is 6.07. The Balaban J connectivity index is 1.91. The molecule has 1 saturated heterocycles. The maximum absolute atomic E-state index is 13.0. The first-order valence-electron chi connectivity index (χ1n) is 7.76. The van der Waals surface area contributed by atoms with Crippen LogP contribution in [0.3, 0.4) is 0 Å². The van der Waals surface area contributed by atoms with Crippen LogP contribution >= 0.6 is 0 Å². The first-order chi connectivity index (χ1) is 10.1. The lowest BCUT2D eigenvalue weighted by Gasteiger charge is -2.34. The molecule has 1 aliphatic heterocycles. The molecule has 118 valence electrons. The van der Waals surface area contributed by atoms with Crippen molar-refractivity contribution in [2.24, 2.45) is 11.8 Å². The SMILES string of the molecule is CNC(c1ccc(F)cn1)C(C)CN1CCC(CO)CC1. The van der Waals surface area contributed by atoms with Gasteiger partial charge in [0.15, 0.2) is 0 Å². The van der Waals surface area contributed by atoms with Crippen molar-refractivity contribution < 1.29 is 9.50 Å². The Morgan fingerprint density at radius 2 is 2.14 bits per heavy atom. The van der Waals surface area contributed by atoms with Crippen LogP contribution in [0.15, 0.2) is 18.3 Å². The van der Waals surface area contributed by atoms with Crippen LogP contribution in [0.1, 0.15) is 31.5 Å². The number of hydrogen-bond acceptors (Lipinski definition) is 4. The Morgan fingerprint density at radius 1 is 1.43 bits per heavy atom. The monoisotopic (exact) mass is 295 g/mol. The third-order valence-corrected chi connectivity index (χ3v) is 4.46. The summed E-state index contributed by atoms with van der Waals surface area (Å²) in [6, 6.07) is 3.35. The molecule has 5 heteroatoms. The van der Waals surface area contributed by atoms with Crippen molar-refractivity contribution in [3.8, 4) is 0 Å². The van der Waals surface area contributed by atoms with Crippen LogP contribution in [0.25, 0.3) is 0 Å². The zero-order chi connectivity index (χ0) is 15.2. The molecule has 2 atom stereocenters. The van der Waals surface area contributed by atoms with Crippen LogP contribution in [-0.4, -0.2) is 48.3 Å². The molecular weight excluding hydrogens is 269 g/mol. The first-order valence-corrected chi connectivity index (χ1v) is 7.76. The Hall–Kier alpha value is -1.04. The molecule has 4 nitrogen and oxygen atoms in total. The second-order valence-electron chi connectivity index (χ2n) is 6.07. The molecule has 1 aromatic heterocycles. The summed E-state index contributed by atoms with van der Waals surface area (Å²) in [5.41, 5.74) is 0.886. The van der Waals surface area contributed by atoms with Crippen LogP contribution in [0.4, 0.5) is 4.39 Å². The lowest BCUT2D eigenvalue weighted by atomic mass is 9.94. The van der Waals surface area contributed by atoms with Gasteiger partial charge < -0.3 is 15.3 Å². The van der Waals surface area contributed by atoms with E-state index in [1.807, 2.05) is 7.05 Å². The number of likely N-dealkylation sites (tertiary alicyclic amines) is 1. The zero-order valence-electron chi connectivity index (χ0n) is 12.9. The maximum Gasteiger partial charge on any atom is 0.141 e. The topological polar surface area (TPSA) is 48.4 Å². The molecule has 0 spiro atoms. The Morgan fingerprint density at radius 3 is 2.67 bits per heavy atom. The molecule has 0 saturated carbocycles. The minimum atomic E-state index is -0.299. The molecule has 0 aromatic carbocycles. The number of rotatable bonds is 6. The summed E-state index contributed by atoms with van der Waals surface area (Å²) in [7, 11) is 1.92. The van der Waals surface area contributed by atoms with Gasteiger partial charge in [-0.15, -0.1) is 0 Å². The van der Waals surface area contributed by atoms with Crippen LogP contribution in [-0.2, 0) is 0 Å². The Kier molecular flexibility index (Phi) is 6.08. The van der Waals surface area contributed by atoms with Crippen LogP contribution in [0.2, 0.25) is 0 Å². The van der Waals surface area contributed by atoms with Gasteiger partial charge in [-0.3, -0.25) is 4.98 Å². The van der Waals surface area contributed by atoms with Gasteiger partial charge in [0.1, 0.15) is 5.82 Å². The normalized spacial score (nSPS) is 20.4. The molecule has 1 fully saturated rings. The third kappa shape index (κ3) is 4.46. The highest BCUT2D eigenvalue weighted by Crippen LogP contribution is 2.23. The average molecular weight is 295 g/mol. The van der Waals surface area contributed by atoms with Crippen LogP contribution in [0.5, 0.6) is 0 Å². The summed E-state index contributed by atoms with van der Waals surface area (Å²) >= 11 is 0. The third-order valence-electron chi connectivity index (χ3n) is 4.46. The fourth-order valence-corrected chi connectivity index (χ4v) is 3.16. The molecule has 0 amide bonds. The number of nitrogens with zero attached hydrogens (tertiary/aromatic N) is 2. The van der Waals surface area contributed by atoms with Crippen molar-refractivity contribution in [3.63, 3.8) is 0 Å². The van der Waals surface area contributed by atoms with E-state index in [0.29, 0.717) is 18.4 Å². The van der Waals surface area contributed by atoms with Gasteiger partial charge in [-0.1, -0.05) is 6.92 Å². The summed E-state index contributed by atoms with van der Waals surface area (Å²) < 4.78 is 13.0. The van der Waals surface area contributed by atoms with Crippen molar-refractivity contribution in [3.05, 3.63) is 29.8 Å². The first kappa shape index (κ1) is 16.3. The van der Waals surface area contributed by atoms with Crippen molar-refractivity contribution in [1.82, 2.24) is 15.2 Å². The molecule has 2 N–H and O–H groups in total. The van der Waals surface area contributed by atoms with Gasteiger partial charge in [-0.2, -0.15) is 0 Å². The average Bonchev–Trinajstić information content (AvgIpc) is 2.50. The fourth-order valence-electron chi connectivity index (χ4n) is 3.16. The molecule has 21 heavy (non-hydrogen) atoms. The maximum atomic E-state index is 13.0. The molecule has 2 rings (SSSR count). The number of aliphatic hydroxyl groups is 1. The molecule has 0 radical (unpaired) electrons. The van der Waals surface area contributed by atoms with E-state index in [2.05, 4.69) is 22.1 Å². The van der Waals surface area contributed by atoms with E-state index >= 15 is 0 Å². The van der Waals surface area contributed by atoms with Crippen LogP contribution in [0, 0.1) is 17.7 Å². The number of halogens is 1. The summed E-state index contributed by atoms with van der Waals surface area (Å²) in [4.78, 5) is 6.65. The van der Waals surface area contributed by atoms with Crippen molar-refractivity contribution in [1.29, 1.82) is 0 Å². The minimum Gasteiger partial charge on any atom is -0.396 e. The predicted molar refractivity (Wildman–Crippen MR) is 81.4 cm³/mol. The van der Waals surface area contributed by atoms with E-state index in [0.717, 1.165) is 38.2 Å². The number of nitrogens with one attached hydrogen (secondary N) is 1. The number of piperidine rings is 1. The number of pyridine rings is 1. The highest BCUT2D eigenvalue weighted by molar-refractivity contribution is 5.11. The van der Waals surface area contributed by atoms with E-state index < -0.39 is 0 Å². The highest BCUT2D eigenvalue weighted by Gasteiger charge is 2.24. The van der Waals surface area contributed by atoms with Gasteiger partial charge in [-0.25, -0.2) is 4.39 Å². The van der Waals surface area contributed by atoms with E-state index in [1.165, 1.54) is 12.3 Å². The van der Waals surface area contributed by atoms with Gasteiger partial charge >= 0.3 is 0 Å². The van der Waals surface area contributed by atoms with E-state index in [4.69, 9.17) is 0 Å². The second kappa shape index (κ2) is 7.82. The molecule has 0 bridgehead atoms. The molecule has 1 aromatic rings. The minimum absolute atomic E-state index is 0.126. The van der Waals surface area contributed by atoms with E-state index in [1.54, 1.807) is 6.07 Å². The van der Waals surface area contributed by atoms with E-state index in [-0.39, 0.29) is 11.9 Å². The fraction of sp³-hybridized carbons (Fsp3) is 0.688. The Labute approximate surface area is 126 Å². The standard InChI is InChI=1S/C16H26FN3O/c1-12(10-20-7-5-13(11-21)6-8-20)16(18-2)15-4-3-14(17)9-19-15/h3-4,9,12-13,16,18,21H,5-8,10-11H2,1-2H3. The van der Waals surface area contributed by atoms with Crippen LogP contribution < -0.4 is 5.32 Å². The van der Waals surface area contributed by atoms with Gasteiger partial charge in [0.2, 0.25) is 0 Å². The van der Waals surface area contributed by atoms with Gasteiger partial charge in [0, 0.05) is 13.2 Å². The lowest BCUT2D eigenvalue weighted by molar-refractivity contribution is 0.115. The number of aliphatic hydroxyl groups excluding tert-OH is 1. The number of aromatic nitrogens is 1. The van der Waals surface area contributed by atoms with Gasteiger partial charge in [0.25, 0.3) is 0 Å². The van der Waals surface area contributed by atoms with Gasteiger partial charge in [0.05, 0.1) is 17.9 Å². The molecule has 1 aliphatic rings. The van der Waals surface area contributed by atoms with E-state index in [9.17, 15) is 9.50 Å². The highest BCUT2D eigenvalue weighted by atomic mass is 19.1. The predicted octanol–water partition coefficient (Wildman–Crippen LogP) is 1.82. The number of hydrogen-bond donors (Lipinski definition) is 2.